The van der Waals surface area contributed by atoms with Gasteiger partial charge in [0.25, 0.3) is 0 Å². The predicted octanol–water partition coefficient (Wildman–Crippen LogP) is 2.92. The van der Waals surface area contributed by atoms with Gasteiger partial charge in [-0.15, -0.1) is 0 Å². The lowest BCUT2D eigenvalue weighted by molar-refractivity contribution is -0.120. The Kier molecular flexibility index (Phi) is 4.82. The number of nitrogens with two attached hydrogens (primary N) is 1. The summed E-state index contributed by atoms with van der Waals surface area (Å²) >= 11 is 0. The van der Waals surface area contributed by atoms with Crippen molar-refractivity contribution in [1.82, 2.24) is 4.90 Å². The number of nitrogen functional groups attached to an aromatic ring is 1. The van der Waals surface area contributed by atoms with Gasteiger partial charge in [0.15, 0.2) is 0 Å². The van der Waals surface area contributed by atoms with E-state index < -0.39 is 17.7 Å². The number of carbonyl (C=O) groups is 2. The third kappa shape index (κ3) is 4.37. The van der Waals surface area contributed by atoms with Crippen LogP contribution in [0, 0.1) is 6.92 Å². The molecule has 0 spiro atoms. The first-order valence-electron chi connectivity index (χ1n) is 7.84. The van der Waals surface area contributed by atoms with Crippen molar-refractivity contribution in [2.75, 3.05) is 17.6 Å². The van der Waals surface area contributed by atoms with E-state index in [0.717, 1.165) is 12.0 Å². The molecule has 1 heterocycles. The Morgan fingerprint density at radius 2 is 2.04 bits per heavy atom. The maximum atomic E-state index is 12.5. The molecule has 23 heavy (non-hydrogen) atoms. The highest BCUT2D eigenvalue weighted by Gasteiger charge is 2.36. The lowest BCUT2D eigenvalue weighted by atomic mass is 10.1. The average molecular weight is 319 g/mol. The highest BCUT2D eigenvalue weighted by Crippen LogP contribution is 2.24. The maximum absolute atomic E-state index is 12.5. The zero-order valence-electron chi connectivity index (χ0n) is 14.2. The van der Waals surface area contributed by atoms with Gasteiger partial charge in [0.2, 0.25) is 5.91 Å². The molecule has 6 nitrogen and oxygen atoms in total. The van der Waals surface area contributed by atoms with E-state index in [4.69, 9.17) is 10.5 Å². The molecular weight excluding hydrogens is 294 g/mol. The predicted molar refractivity (Wildman–Crippen MR) is 90.2 cm³/mol. The molecule has 2 rings (SSSR count). The number of nitrogens with zero attached hydrogens (tertiary/aromatic N) is 1. The SMILES string of the molecule is Cc1ccc(NC(=O)C2CCCN2C(=O)OC(C)(C)C)c(N)c1. The maximum Gasteiger partial charge on any atom is 0.410 e. The molecule has 1 aromatic carbocycles. The monoisotopic (exact) mass is 319 g/mol. The quantitative estimate of drug-likeness (QED) is 0.821. The number of benzene rings is 1. The standard InChI is InChI=1S/C17H25N3O3/c1-11-7-8-13(12(18)10-11)19-15(21)14-6-5-9-20(14)16(22)23-17(2,3)4/h7-8,10,14H,5-6,9,18H2,1-4H3,(H,19,21). The molecule has 1 saturated heterocycles. The fourth-order valence-electron chi connectivity index (χ4n) is 2.59. The van der Waals surface area contributed by atoms with Gasteiger partial charge in [0.1, 0.15) is 11.6 Å². The number of rotatable bonds is 2. The summed E-state index contributed by atoms with van der Waals surface area (Å²) in [6.07, 6.45) is 0.949. The summed E-state index contributed by atoms with van der Waals surface area (Å²) < 4.78 is 5.37. The van der Waals surface area contributed by atoms with Crippen LogP contribution in [0.5, 0.6) is 0 Å². The Morgan fingerprint density at radius 3 is 2.65 bits per heavy atom. The van der Waals surface area contributed by atoms with Crippen molar-refractivity contribution in [3.8, 4) is 0 Å². The normalized spacial score (nSPS) is 17.9. The summed E-state index contributed by atoms with van der Waals surface area (Å²) in [4.78, 5) is 26.2. The van der Waals surface area contributed by atoms with Crippen molar-refractivity contribution in [2.24, 2.45) is 0 Å². The molecule has 1 fully saturated rings. The molecule has 1 aromatic rings. The van der Waals surface area contributed by atoms with Crippen LogP contribution in [0.4, 0.5) is 16.2 Å². The molecular formula is C17H25N3O3. The number of likely N-dealkylation sites (tertiary alicyclic amines) is 1. The largest absolute Gasteiger partial charge is 0.444 e. The van der Waals surface area contributed by atoms with Crippen LogP contribution >= 0.6 is 0 Å². The van der Waals surface area contributed by atoms with Gasteiger partial charge in [-0.3, -0.25) is 9.69 Å². The van der Waals surface area contributed by atoms with Gasteiger partial charge >= 0.3 is 6.09 Å². The number of aryl methyl sites for hydroxylation is 1. The van der Waals surface area contributed by atoms with Crippen molar-refractivity contribution < 1.29 is 14.3 Å². The van der Waals surface area contributed by atoms with Crippen LogP contribution in [0.1, 0.15) is 39.2 Å². The minimum absolute atomic E-state index is 0.232. The highest BCUT2D eigenvalue weighted by atomic mass is 16.6. The van der Waals surface area contributed by atoms with E-state index in [0.29, 0.717) is 24.3 Å². The third-order valence-corrected chi connectivity index (χ3v) is 3.65. The van der Waals surface area contributed by atoms with E-state index in [-0.39, 0.29) is 5.91 Å². The van der Waals surface area contributed by atoms with E-state index in [1.807, 2.05) is 33.8 Å². The second kappa shape index (κ2) is 6.48. The fourth-order valence-corrected chi connectivity index (χ4v) is 2.59. The Bertz CT molecular complexity index is 608. The summed E-state index contributed by atoms with van der Waals surface area (Å²) in [5.74, 6) is -0.232. The summed E-state index contributed by atoms with van der Waals surface area (Å²) in [5, 5.41) is 2.81. The Morgan fingerprint density at radius 1 is 1.35 bits per heavy atom. The molecule has 0 saturated carbocycles. The lowest BCUT2D eigenvalue weighted by Crippen LogP contribution is -2.45. The zero-order chi connectivity index (χ0) is 17.2. The van der Waals surface area contributed by atoms with E-state index >= 15 is 0 Å². The minimum atomic E-state index is -0.581. The molecule has 0 aliphatic carbocycles. The molecule has 3 N–H and O–H groups in total. The molecule has 1 atom stereocenters. The van der Waals surface area contributed by atoms with Crippen LogP contribution < -0.4 is 11.1 Å². The summed E-state index contributed by atoms with van der Waals surface area (Å²) in [5.41, 5.74) is 7.45. The van der Waals surface area contributed by atoms with Crippen LogP contribution in [0.2, 0.25) is 0 Å². The van der Waals surface area contributed by atoms with Gasteiger partial charge in [0.05, 0.1) is 11.4 Å². The first-order valence-corrected chi connectivity index (χ1v) is 7.84. The van der Waals surface area contributed by atoms with Crippen molar-refractivity contribution in [1.29, 1.82) is 0 Å². The van der Waals surface area contributed by atoms with Crippen molar-refractivity contribution in [3.05, 3.63) is 23.8 Å². The first-order chi connectivity index (χ1) is 10.7. The molecule has 6 heteroatoms. The van der Waals surface area contributed by atoms with Gasteiger partial charge in [0, 0.05) is 6.54 Å². The number of nitrogens with one attached hydrogen (secondary N) is 1. The van der Waals surface area contributed by atoms with E-state index in [1.165, 1.54) is 4.90 Å². The number of amides is 2. The van der Waals surface area contributed by atoms with Gasteiger partial charge in [-0.05, 0) is 58.2 Å². The molecule has 0 radical (unpaired) electrons. The number of hydrogen-bond acceptors (Lipinski definition) is 4. The van der Waals surface area contributed by atoms with Crippen molar-refractivity contribution in [3.63, 3.8) is 0 Å². The number of carbonyl (C=O) groups excluding carboxylic acids is 2. The summed E-state index contributed by atoms with van der Waals surface area (Å²) in [6.45, 7) is 7.88. The average Bonchev–Trinajstić information content (AvgIpc) is 2.89. The second-order valence-electron chi connectivity index (χ2n) is 6.91. The molecule has 1 unspecified atom stereocenters. The number of hydrogen-bond donors (Lipinski definition) is 2. The Hall–Kier alpha value is -2.24. The van der Waals surface area contributed by atoms with Crippen molar-refractivity contribution in [2.45, 2.75) is 52.2 Å². The molecule has 1 aliphatic rings. The zero-order valence-corrected chi connectivity index (χ0v) is 14.2. The number of anilines is 2. The van der Waals surface area contributed by atoms with E-state index in [2.05, 4.69) is 5.32 Å². The Balaban J connectivity index is 2.07. The van der Waals surface area contributed by atoms with Crippen LogP contribution in [0.15, 0.2) is 18.2 Å². The van der Waals surface area contributed by atoms with Gasteiger partial charge in [-0.1, -0.05) is 6.07 Å². The molecule has 0 bridgehead atoms. The van der Waals surface area contributed by atoms with E-state index in [9.17, 15) is 9.59 Å². The van der Waals surface area contributed by atoms with Crippen LogP contribution in [0.3, 0.4) is 0 Å². The summed E-state index contributed by atoms with van der Waals surface area (Å²) in [7, 11) is 0. The Labute approximate surface area is 137 Å². The lowest BCUT2D eigenvalue weighted by Gasteiger charge is -2.28. The topological polar surface area (TPSA) is 84.7 Å². The second-order valence-corrected chi connectivity index (χ2v) is 6.91. The van der Waals surface area contributed by atoms with Crippen molar-refractivity contribution >= 4 is 23.4 Å². The molecule has 2 amide bonds. The molecule has 126 valence electrons. The minimum Gasteiger partial charge on any atom is -0.444 e. The molecule has 0 aromatic heterocycles. The first kappa shape index (κ1) is 17.1. The summed E-state index contributed by atoms with van der Waals surface area (Å²) in [6, 6.07) is 4.93. The van der Waals surface area contributed by atoms with Crippen LogP contribution in [0.25, 0.3) is 0 Å². The van der Waals surface area contributed by atoms with Gasteiger partial charge in [-0.25, -0.2) is 4.79 Å². The van der Waals surface area contributed by atoms with Gasteiger partial charge in [-0.2, -0.15) is 0 Å². The highest BCUT2D eigenvalue weighted by molar-refractivity contribution is 5.99. The fraction of sp³-hybridized carbons (Fsp3) is 0.529. The third-order valence-electron chi connectivity index (χ3n) is 3.65. The van der Waals surface area contributed by atoms with Crippen LogP contribution in [-0.4, -0.2) is 35.1 Å². The molecule has 1 aliphatic heterocycles. The smallest absolute Gasteiger partial charge is 0.410 e. The van der Waals surface area contributed by atoms with Gasteiger partial charge < -0.3 is 15.8 Å². The van der Waals surface area contributed by atoms with Crippen LogP contribution in [-0.2, 0) is 9.53 Å². The van der Waals surface area contributed by atoms with E-state index in [1.54, 1.807) is 12.1 Å². The number of ether oxygens (including phenoxy) is 1.